The van der Waals surface area contributed by atoms with Gasteiger partial charge in [0.1, 0.15) is 17.8 Å². The predicted octanol–water partition coefficient (Wildman–Crippen LogP) is 5.08. The number of hydrogen-bond donors (Lipinski definition) is 2. The molecule has 7 heteroatoms. The summed E-state index contributed by atoms with van der Waals surface area (Å²) in [5.74, 6) is 1.05. The van der Waals surface area contributed by atoms with Crippen molar-refractivity contribution in [3.05, 3.63) is 18.6 Å². The summed E-state index contributed by atoms with van der Waals surface area (Å²) in [5.41, 5.74) is 0.913. The van der Waals surface area contributed by atoms with Gasteiger partial charge in [-0.05, 0) is 31.7 Å². The quantitative estimate of drug-likeness (QED) is 0.402. The fourth-order valence-corrected chi connectivity index (χ4v) is 5.16. The van der Waals surface area contributed by atoms with E-state index in [9.17, 15) is 0 Å². The Labute approximate surface area is 200 Å². The third-order valence-electron chi connectivity index (χ3n) is 7.00. The molecule has 2 N–H and O–H groups in total. The minimum Gasteiger partial charge on any atom is -0.383 e. The number of fused-ring (bicyclic) bond motifs is 1. The van der Waals surface area contributed by atoms with Crippen molar-refractivity contribution in [1.82, 2.24) is 20.3 Å². The van der Waals surface area contributed by atoms with Gasteiger partial charge in [0.2, 0.25) is 0 Å². The Morgan fingerprint density at radius 1 is 0.909 bits per heavy atom. The first-order valence-corrected chi connectivity index (χ1v) is 13.1. The molecule has 7 nitrogen and oxygen atoms in total. The molecular weight excluding hydrogens is 414 g/mol. The summed E-state index contributed by atoms with van der Waals surface area (Å²) in [5, 5.41) is 4.65. The van der Waals surface area contributed by atoms with Crippen molar-refractivity contribution < 1.29 is 9.47 Å². The molecule has 0 spiro atoms. The van der Waals surface area contributed by atoms with Gasteiger partial charge in [0.25, 0.3) is 0 Å². The lowest BCUT2D eigenvalue weighted by atomic mass is 10.1. The highest BCUT2D eigenvalue weighted by molar-refractivity contribution is 5.87. The Balaban J connectivity index is 0.000000218. The van der Waals surface area contributed by atoms with Gasteiger partial charge in [-0.2, -0.15) is 0 Å². The summed E-state index contributed by atoms with van der Waals surface area (Å²) in [6.07, 6.45) is 19.9. The van der Waals surface area contributed by atoms with Gasteiger partial charge in [-0.25, -0.2) is 9.97 Å². The summed E-state index contributed by atoms with van der Waals surface area (Å²) in [6.45, 7) is 3.47. The van der Waals surface area contributed by atoms with E-state index in [0.29, 0.717) is 6.04 Å². The number of H-pyrrole nitrogens is 1. The van der Waals surface area contributed by atoms with E-state index >= 15 is 0 Å². The van der Waals surface area contributed by atoms with E-state index in [1.807, 2.05) is 6.20 Å². The summed E-state index contributed by atoms with van der Waals surface area (Å²) < 4.78 is 10.3. The van der Waals surface area contributed by atoms with Gasteiger partial charge in [-0.1, -0.05) is 51.4 Å². The molecule has 0 radical (unpaired) electrons. The minimum absolute atomic E-state index is 0.565. The lowest BCUT2D eigenvalue weighted by Gasteiger charge is -2.32. The number of rotatable bonds is 9. The molecule has 186 valence electrons. The smallest absolute Gasteiger partial charge is 0.142 e. The Morgan fingerprint density at radius 3 is 2.24 bits per heavy atom. The highest BCUT2D eigenvalue weighted by atomic mass is 16.5. The van der Waals surface area contributed by atoms with Gasteiger partial charge in [-0.15, -0.1) is 0 Å². The Bertz CT molecular complexity index is 752. The number of aromatic nitrogens is 3. The first-order chi connectivity index (χ1) is 16.3. The zero-order valence-electron chi connectivity index (χ0n) is 20.9. The van der Waals surface area contributed by atoms with Gasteiger partial charge < -0.3 is 24.7 Å². The third kappa shape index (κ3) is 8.54. The van der Waals surface area contributed by atoms with Crippen molar-refractivity contribution in [3.8, 4) is 0 Å². The maximum Gasteiger partial charge on any atom is 0.142 e. The van der Waals surface area contributed by atoms with Crippen molar-refractivity contribution in [2.75, 3.05) is 45.4 Å². The number of anilines is 1. The molecule has 0 bridgehead atoms. The van der Waals surface area contributed by atoms with Gasteiger partial charge in [0.15, 0.2) is 0 Å². The summed E-state index contributed by atoms with van der Waals surface area (Å²) in [7, 11) is 3.52. The Morgan fingerprint density at radius 2 is 1.58 bits per heavy atom. The summed E-state index contributed by atoms with van der Waals surface area (Å²) in [6, 6.07) is 3.40. The van der Waals surface area contributed by atoms with Crippen LogP contribution in [0.2, 0.25) is 0 Å². The average Bonchev–Trinajstić information content (AvgIpc) is 3.01. The molecule has 2 saturated carbocycles. The summed E-state index contributed by atoms with van der Waals surface area (Å²) in [4.78, 5) is 14.5. The van der Waals surface area contributed by atoms with Crippen molar-refractivity contribution in [1.29, 1.82) is 0 Å². The minimum atomic E-state index is 0.565. The zero-order chi connectivity index (χ0) is 23.1. The number of aromatic amines is 1. The van der Waals surface area contributed by atoms with Crippen LogP contribution in [-0.2, 0) is 9.47 Å². The molecule has 2 fully saturated rings. The van der Waals surface area contributed by atoms with Gasteiger partial charge in [0.05, 0.1) is 18.6 Å². The molecular formula is C26H45N5O2. The molecule has 0 aliphatic heterocycles. The van der Waals surface area contributed by atoms with Gasteiger partial charge in [0, 0.05) is 45.6 Å². The van der Waals surface area contributed by atoms with Crippen LogP contribution in [0.4, 0.5) is 5.82 Å². The van der Waals surface area contributed by atoms with E-state index in [0.717, 1.165) is 49.2 Å². The molecule has 2 aliphatic carbocycles. The number of nitrogens with one attached hydrogen (secondary N) is 2. The van der Waals surface area contributed by atoms with Crippen LogP contribution in [-0.4, -0.2) is 67.6 Å². The summed E-state index contributed by atoms with van der Waals surface area (Å²) >= 11 is 0. The van der Waals surface area contributed by atoms with Gasteiger partial charge in [-0.3, -0.25) is 0 Å². The SMILES string of the molecule is COCCN(c1ncnc2[nH]ccc12)C1CCCCCC1.COCCNC1CCCCCC1. The molecule has 0 saturated heterocycles. The maximum atomic E-state index is 5.32. The normalized spacial score (nSPS) is 18.4. The third-order valence-corrected chi connectivity index (χ3v) is 7.00. The topological polar surface area (TPSA) is 75.3 Å². The van der Waals surface area contributed by atoms with Crippen LogP contribution in [0, 0.1) is 0 Å². The van der Waals surface area contributed by atoms with Crippen molar-refractivity contribution in [3.63, 3.8) is 0 Å². The molecule has 0 amide bonds. The average molecular weight is 460 g/mol. The molecule has 33 heavy (non-hydrogen) atoms. The van der Waals surface area contributed by atoms with E-state index in [-0.39, 0.29) is 0 Å². The zero-order valence-corrected chi connectivity index (χ0v) is 20.9. The maximum absolute atomic E-state index is 5.32. The molecule has 0 atom stereocenters. The molecule has 2 aromatic rings. The molecule has 0 aromatic carbocycles. The lowest BCUT2D eigenvalue weighted by molar-refractivity contribution is 0.194. The van der Waals surface area contributed by atoms with E-state index in [2.05, 4.69) is 31.2 Å². The first kappa shape index (κ1) is 25.9. The van der Waals surface area contributed by atoms with Crippen LogP contribution in [0.15, 0.2) is 18.6 Å². The van der Waals surface area contributed by atoms with Crippen molar-refractivity contribution >= 4 is 16.9 Å². The second-order valence-electron chi connectivity index (χ2n) is 9.40. The number of nitrogens with zero attached hydrogens (tertiary/aromatic N) is 3. The lowest BCUT2D eigenvalue weighted by Crippen LogP contribution is -2.38. The molecule has 2 aliphatic rings. The van der Waals surface area contributed by atoms with E-state index < -0.39 is 0 Å². The van der Waals surface area contributed by atoms with Crippen LogP contribution in [0.5, 0.6) is 0 Å². The fourth-order valence-electron chi connectivity index (χ4n) is 5.16. The molecule has 0 unspecified atom stereocenters. The number of hydrogen-bond acceptors (Lipinski definition) is 6. The first-order valence-electron chi connectivity index (χ1n) is 13.1. The number of methoxy groups -OCH3 is 2. The van der Waals surface area contributed by atoms with Gasteiger partial charge >= 0.3 is 0 Å². The Kier molecular flexibility index (Phi) is 12.0. The Hall–Kier alpha value is -1.70. The molecule has 2 aromatic heterocycles. The largest absolute Gasteiger partial charge is 0.383 e. The van der Waals surface area contributed by atoms with Crippen LogP contribution < -0.4 is 10.2 Å². The second-order valence-corrected chi connectivity index (χ2v) is 9.40. The molecule has 2 heterocycles. The second kappa shape index (κ2) is 15.3. The highest BCUT2D eigenvalue weighted by Gasteiger charge is 2.23. The predicted molar refractivity (Wildman–Crippen MR) is 136 cm³/mol. The fraction of sp³-hybridized carbons (Fsp3) is 0.769. The van der Waals surface area contributed by atoms with E-state index in [1.165, 1.54) is 77.0 Å². The van der Waals surface area contributed by atoms with Crippen LogP contribution in [0.3, 0.4) is 0 Å². The monoisotopic (exact) mass is 459 g/mol. The van der Waals surface area contributed by atoms with Crippen LogP contribution in [0.25, 0.3) is 11.0 Å². The van der Waals surface area contributed by atoms with Crippen molar-refractivity contribution in [2.24, 2.45) is 0 Å². The van der Waals surface area contributed by atoms with Crippen LogP contribution >= 0.6 is 0 Å². The van der Waals surface area contributed by atoms with E-state index in [1.54, 1.807) is 20.5 Å². The standard InChI is InChI=1S/C16H24N4O.C10H21NO/c1-21-11-10-20(13-6-4-2-3-5-7-13)16-14-8-9-17-15(14)18-12-19-16;1-12-9-8-11-10-6-4-2-3-5-7-10/h8-9,12-13H,2-7,10-11H2,1H3,(H,17,18,19);10-11H,2-9H2,1H3. The number of ether oxygens (including phenoxy) is 2. The van der Waals surface area contributed by atoms with Crippen molar-refractivity contribution in [2.45, 2.75) is 89.1 Å². The van der Waals surface area contributed by atoms with Crippen LogP contribution in [0.1, 0.15) is 77.0 Å². The van der Waals surface area contributed by atoms with E-state index in [4.69, 9.17) is 9.47 Å². The molecule has 4 rings (SSSR count). The highest BCUT2D eigenvalue weighted by Crippen LogP contribution is 2.29.